The van der Waals surface area contributed by atoms with Crippen LogP contribution >= 0.6 is 0 Å². The first-order valence-corrected chi connectivity index (χ1v) is 12.0. The lowest BCUT2D eigenvalue weighted by Crippen LogP contribution is -2.36. The van der Waals surface area contributed by atoms with Gasteiger partial charge in [-0.1, -0.05) is 31.2 Å². The van der Waals surface area contributed by atoms with Crippen molar-refractivity contribution >= 4 is 12.0 Å². The lowest BCUT2D eigenvalue weighted by atomic mass is 9.87. The van der Waals surface area contributed by atoms with Crippen molar-refractivity contribution in [2.45, 2.75) is 45.1 Å². The number of carbonyl (C=O) groups excluding carboxylic acids is 1. The monoisotopic (exact) mass is 459 g/mol. The highest BCUT2D eigenvalue weighted by molar-refractivity contribution is 5.92. The zero-order valence-electron chi connectivity index (χ0n) is 19.9. The number of hydrogen-bond donors (Lipinski definition) is 1. The average Bonchev–Trinajstić information content (AvgIpc) is 3.34. The zero-order chi connectivity index (χ0) is 23.8. The summed E-state index contributed by atoms with van der Waals surface area (Å²) in [6, 6.07) is 16.1. The summed E-state index contributed by atoms with van der Waals surface area (Å²) in [5, 5.41) is 3.12. The van der Waals surface area contributed by atoms with E-state index < -0.39 is 0 Å². The Balaban J connectivity index is 1.32. The fraction of sp³-hybridized carbons (Fsp3) is 0.357. The van der Waals surface area contributed by atoms with Gasteiger partial charge in [0.15, 0.2) is 11.5 Å². The first kappa shape index (κ1) is 23.6. The van der Waals surface area contributed by atoms with Crippen LogP contribution in [0, 0.1) is 5.92 Å². The van der Waals surface area contributed by atoms with Crippen LogP contribution in [0.1, 0.15) is 44.0 Å². The number of benzene rings is 2. The lowest BCUT2D eigenvalue weighted by molar-refractivity contribution is -0.117. The van der Waals surface area contributed by atoms with E-state index in [1.807, 2.05) is 48.7 Å². The summed E-state index contributed by atoms with van der Waals surface area (Å²) in [5.41, 5.74) is 1.96. The second-order valence-electron chi connectivity index (χ2n) is 8.86. The molecule has 1 fully saturated rings. The predicted molar refractivity (Wildman–Crippen MR) is 134 cm³/mol. The summed E-state index contributed by atoms with van der Waals surface area (Å²) < 4.78 is 13.6. The Bertz CT molecular complexity index is 1100. The van der Waals surface area contributed by atoms with Crippen LogP contribution in [-0.4, -0.2) is 35.2 Å². The van der Waals surface area contributed by atoms with Gasteiger partial charge in [-0.05, 0) is 67.5 Å². The standard InChI is InChI=1S/C28H33N3O3/c1-21-8-12-23(13-9-21)30-28(32)15-11-22-10-14-25(26(20-22)33-2)34-19-16-27-29-17-18-31(27)24-6-4-3-5-7-24/h3-7,10-11,14-15,17-18,20-21,23H,8-9,12-13,16,19H2,1-2H3,(H,30,32)/b15-11+. The number of ether oxygens (including phenoxy) is 2. The fourth-order valence-electron chi connectivity index (χ4n) is 4.33. The minimum Gasteiger partial charge on any atom is -0.493 e. The van der Waals surface area contributed by atoms with Crippen molar-refractivity contribution in [2.24, 2.45) is 5.92 Å². The Kier molecular flexibility index (Phi) is 8.02. The Morgan fingerprint density at radius 2 is 1.91 bits per heavy atom. The summed E-state index contributed by atoms with van der Waals surface area (Å²) in [6.07, 6.45) is 12.3. The lowest BCUT2D eigenvalue weighted by Gasteiger charge is -2.26. The molecule has 0 atom stereocenters. The van der Waals surface area contributed by atoms with Crippen LogP contribution in [0.4, 0.5) is 0 Å². The Morgan fingerprint density at radius 1 is 1.12 bits per heavy atom. The first-order chi connectivity index (χ1) is 16.6. The molecule has 1 saturated carbocycles. The number of hydrogen-bond acceptors (Lipinski definition) is 4. The van der Waals surface area contributed by atoms with Gasteiger partial charge in [-0.2, -0.15) is 0 Å². The smallest absolute Gasteiger partial charge is 0.244 e. The maximum Gasteiger partial charge on any atom is 0.244 e. The summed E-state index contributed by atoms with van der Waals surface area (Å²) in [4.78, 5) is 16.8. The topological polar surface area (TPSA) is 65.4 Å². The molecule has 0 unspecified atom stereocenters. The van der Waals surface area contributed by atoms with E-state index in [4.69, 9.17) is 9.47 Å². The highest BCUT2D eigenvalue weighted by Gasteiger charge is 2.18. The number of amides is 1. The van der Waals surface area contributed by atoms with Crippen LogP contribution in [0.3, 0.4) is 0 Å². The van der Waals surface area contributed by atoms with Gasteiger partial charge in [0.05, 0.1) is 13.7 Å². The van der Waals surface area contributed by atoms with Crippen molar-refractivity contribution in [1.29, 1.82) is 0 Å². The highest BCUT2D eigenvalue weighted by atomic mass is 16.5. The molecule has 1 aromatic heterocycles. The van der Waals surface area contributed by atoms with Crippen molar-refractivity contribution in [3.63, 3.8) is 0 Å². The van der Waals surface area contributed by atoms with E-state index in [9.17, 15) is 4.79 Å². The predicted octanol–water partition coefficient (Wildman–Crippen LogP) is 5.21. The van der Waals surface area contributed by atoms with Crippen molar-refractivity contribution in [3.8, 4) is 17.2 Å². The van der Waals surface area contributed by atoms with Crippen LogP contribution in [-0.2, 0) is 11.2 Å². The molecule has 178 valence electrons. The van der Waals surface area contributed by atoms with E-state index >= 15 is 0 Å². The fourth-order valence-corrected chi connectivity index (χ4v) is 4.33. The molecule has 34 heavy (non-hydrogen) atoms. The molecule has 0 saturated heterocycles. The molecule has 6 heteroatoms. The summed E-state index contributed by atoms with van der Waals surface area (Å²) in [7, 11) is 1.62. The van der Waals surface area contributed by atoms with Gasteiger partial charge in [-0.15, -0.1) is 0 Å². The third kappa shape index (κ3) is 6.28. The molecule has 4 rings (SSSR count). The highest BCUT2D eigenvalue weighted by Crippen LogP contribution is 2.29. The van der Waals surface area contributed by atoms with E-state index in [2.05, 4.69) is 33.9 Å². The molecular formula is C28H33N3O3. The van der Waals surface area contributed by atoms with Crippen LogP contribution in [0.15, 0.2) is 67.0 Å². The largest absolute Gasteiger partial charge is 0.493 e. The van der Waals surface area contributed by atoms with Gasteiger partial charge in [0.25, 0.3) is 0 Å². The number of nitrogens with zero attached hydrogens (tertiary/aromatic N) is 2. The molecule has 0 radical (unpaired) electrons. The van der Waals surface area contributed by atoms with E-state index in [1.165, 1.54) is 12.8 Å². The van der Waals surface area contributed by atoms with Crippen molar-refractivity contribution in [3.05, 3.63) is 78.4 Å². The number of para-hydroxylation sites is 1. The van der Waals surface area contributed by atoms with Gasteiger partial charge < -0.3 is 19.4 Å². The van der Waals surface area contributed by atoms with Gasteiger partial charge in [-0.25, -0.2) is 4.98 Å². The van der Waals surface area contributed by atoms with E-state index in [1.54, 1.807) is 19.4 Å². The number of aromatic nitrogens is 2. The third-order valence-electron chi connectivity index (χ3n) is 6.31. The van der Waals surface area contributed by atoms with E-state index in [0.29, 0.717) is 24.5 Å². The van der Waals surface area contributed by atoms with Crippen molar-refractivity contribution in [2.75, 3.05) is 13.7 Å². The molecular weight excluding hydrogens is 426 g/mol. The van der Waals surface area contributed by atoms with Crippen molar-refractivity contribution in [1.82, 2.24) is 14.9 Å². The molecule has 0 bridgehead atoms. The molecule has 1 aliphatic rings. The van der Waals surface area contributed by atoms with Gasteiger partial charge >= 0.3 is 0 Å². The quantitative estimate of drug-likeness (QED) is 0.446. The van der Waals surface area contributed by atoms with E-state index in [-0.39, 0.29) is 11.9 Å². The molecule has 0 spiro atoms. The number of carbonyl (C=O) groups is 1. The molecule has 1 heterocycles. The minimum absolute atomic E-state index is 0.0484. The molecule has 3 aromatic rings. The molecule has 1 aliphatic carbocycles. The molecule has 1 N–H and O–H groups in total. The summed E-state index contributed by atoms with van der Waals surface area (Å²) >= 11 is 0. The number of methoxy groups -OCH3 is 1. The average molecular weight is 460 g/mol. The third-order valence-corrected chi connectivity index (χ3v) is 6.31. The van der Waals surface area contributed by atoms with Crippen LogP contribution in [0.5, 0.6) is 11.5 Å². The summed E-state index contributed by atoms with van der Waals surface area (Å²) in [6.45, 7) is 2.75. The number of rotatable bonds is 9. The van der Waals surface area contributed by atoms with Gasteiger partial charge in [-0.3, -0.25) is 4.79 Å². The molecule has 2 aromatic carbocycles. The van der Waals surface area contributed by atoms with Gasteiger partial charge in [0, 0.05) is 36.6 Å². The number of imidazole rings is 1. The molecule has 1 amide bonds. The van der Waals surface area contributed by atoms with Crippen LogP contribution < -0.4 is 14.8 Å². The zero-order valence-corrected chi connectivity index (χ0v) is 19.9. The van der Waals surface area contributed by atoms with Crippen molar-refractivity contribution < 1.29 is 14.3 Å². The maximum absolute atomic E-state index is 12.3. The van der Waals surface area contributed by atoms with E-state index in [0.717, 1.165) is 35.8 Å². The SMILES string of the molecule is COc1cc(/C=C/C(=O)NC2CCC(C)CC2)ccc1OCCc1nccn1-c1ccccc1. The second kappa shape index (κ2) is 11.5. The van der Waals surface area contributed by atoms with Crippen LogP contribution in [0.25, 0.3) is 11.8 Å². The normalized spacial score (nSPS) is 18.1. The Hall–Kier alpha value is -3.54. The second-order valence-corrected chi connectivity index (χ2v) is 8.86. The van der Waals surface area contributed by atoms with Crippen LogP contribution in [0.2, 0.25) is 0 Å². The molecule has 6 nitrogen and oxygen atoms in total. The molecule has 0 aliphatic heterocycles. The van der Waals surface area contributed by atoms with Gasteiger partial charge in [0.2, 0.25) is 5.91 Å². The number of nitrogens with one attached hydrogen (secondary N) is 1. The Morgan fingerprint density at radius 3 is 2.68 bits per heavy atom. The summed E-state index contributed by atoms with van der Waals surface area (Å²) in [5.74, 6) is 2.95. The Labute approximate surface area is 201 Å². The van der Waals surface area contributed by atoms with Gasteiger partial charge in [0.1, 0.15) is 5.82 Å². The first-order valence-electron chi connectivity index (χ1n) is 12.0. The maximum atomic E-state index is 12.3. The minimum atomic E-state index is -0.0484.